The first-order valence-corrected chi connectivity index (χ1v) is 10.1. The highest BCUT2D eigenvalue weighted by Crippen LogP contribution is 2.31. The molecule has 4 nitrogen and oxygen atoms in total. The minimum absolute atomic E-state index is 0.0491. The Labute approximate surface area is 172 Å². The Bertz CT molecular complexity index is 1070. The monoisotopic (exact) mass is 406 g/mol. The van der Waals surface area contributed by atoms with Crippen molar-refractivity contribution in [2.24, 2.45) is 0 Å². The summed E-state index contributed by atoms with van der Waals surface area (Å²) in [6, 6.07) is 21.6. The maximum atomic E-state index is 12.9. The molecule has 4 rings (SSSR count). The topological polar surface area (TPSA) is 51.2 Å². The van der Waals surface area contributed by atoms with Gasteiger partial charge in [0.25, 0.3) is 5.19 Å². The lowest BCUT2D eigenvalue weighted by Gasteiger charge is -2.07. The first-order valence-electron chi connectivity index (χ1n) is 9.29. The van der Waals surface area contributed by atoms with E-state index in [4.69, 9.17) is 4.74 Å². The molecule has 0 radical (unpaired) electrons. The van der Waals surface area contributed by atoms with Gasteiger partial charge in [-0.05, 0) is 53.9 Å². The fourth-order valence-corrected chi connectivity index (χ4v) is 3.75. The highest BCUT2D eigenvalue weighted by molar-refractivity contribution is 7.20. The second-order valence-electron chi connectivity index (χ2n) is 6.60. The molecule has 0 saturated heterocycles. The molecule has 0 aliphatic rings. The highest BCUT2D eigenvalue weighted by Gasteiger charge is 2.07. The number of aromatic nitrogens is 1. The van der Waals surface area contributed by atoms with Crippen molar-refractivity contribution in [2.75, 3.05) is 6.54 Å². The van der Waals surface area contributed by atoms with E-state index in [2.05, 4.69) is 10.3 Å². The average Bonchev–Trinajstić information content (AvgIpc) is 3.13. The van der Waals surface area contributed by atoms with E-state index in [1.165, 1.54) is 23.5 Å². The molecule has 0 atom stereocenters. The van der Waals surface area contributed by atoms with Crippen LogP contribution in [-0.4, -0.2) is 17.4 Å². The molecule has 1 N–H and O–H groups in total. The van der Waals surface area contributed by atoms with Crippen molar-refractivity contribution in [3.63, 3.8) is 0 Å². The van der Waals surface area contributed by atoms with Crippen LogP contribution in [0.4, 0.5) is 4.39 Å². The third-order valence-corrected chi connectivity index (χ3v) is 5.33. The Morgan fingerprint density at radius 2 is 1.69 bits per heavy atom. The number of ether oxygens (including phenoxy) is 1. The van der Waals surface area contributed by atoms with Crippen molar-refractivity contribution in [3.05, 3.63) is 89.7 Å². The maximum Gasteiger partial charge on any atom is 0.279 e. The Kier molecular flexibility index (Phi) is 5.81. The summed E-state index contributed by atoms with van der Waals surface area (Å²) in [6.07, 6.45) is 0.964. The van der Waals surface area contributed by atoms with Gasteiger partial charge in [-0.2, -0.15) is 0 Å². The molecule has 29 heavy (non-hydrogen) atoms. The zero-order valence-corrected chi connectivity index (χ0v) is 16.4. The predicted octanol–water partition coefficient (Wildman–Crippen LogP) is 5.13. The van der Waals surface area contributed by atoms with Gasteiger partial charge in [-0.3, -0.25) is 4.79 Å². The van der Waals surface area contributed by atoms with E-state index in [0.29, 0.717) is 30.3 Å². The minimum Gasteiger partial charge on any atom is -0.431 e. The van der Waals surface area contributed by atoms with Crippen LogP contribution >= 0.6 is 11.3 Å². The fourth-order valence-electron chi connectivity index (χ4n) is 2.92. The van der Waals surface area contributed by atoms with Crippen molar-refractivity contribution >= 4 is 27.5 Å². The van der Waals surface area contributed by atoms with Crippen LogP contribution < -0.4 is 10.1 Å². The second-order valence-corrected chi connectivity index (χ2v) is 7.59. The zero-order valence-electron chi connectivity index (χ0n) is 15.6. The minimum atomic E-state index is -0.256. The van der Waals surface area contributed by atoms with Crippen molar-refractivity contribution in [1.29, 1.82) is 0 Å². The van der Waals surface area contributed by atoms with E-state index in [1.54, 1.807) is 12.1 Å². The normalized spacial score (nSPS) is 10.8. The Hall–Kier alpha value is -3.25. The Balaban J connectivity index is 1.27. The number of fused-ring (bicyclic) bond motifs is 1. The van der Waals surface area contributed by atoms with E-state index in [0.717, 1.165) is 21.3 Å². The molecule has 1 aromatic heterocycles. The van der Waals surface area contributed by atoms with Crippen LogP contribution in [0.1, 0.15) is 11.1 Å². The van der Waals surface area contributed by atoms with Crippen molar-refractivity contribution < 1.29 is 13.9 Å². The van der Waals surface area contributed by atoms with Gasteiger partial charge < -0.3 is 10.1 Å². The number of amides is 1. The summed E-state index contributed by atoms with van der Waals surface area (Å²) in [4.78, 5) is 16.6. The molecule has 0 unspecified atom stereocenters. The van der Waals surface area contributed by atoms with Gasteiger partial charge in [-0.25, -0.2) is 9.37 Å². The van der Waals surface area contributed by atoms with Crippen LogP contribution in [0.5, 0.6) is 10.9 Å². The summed E-state index contributed by atoms with van der Waals surface area (Å²) < 4.78 is 19.8. The molecule has 0 spiro atoms. The van der Waals surface area contributed by atoms with Crippen molar-refractivity contribution in [3.8, 4) is 10.9 Å². The van der Waals surface area contributed by atoms with Gasteiger partial charge >= 0.3 is 0 Å². The first kappa shape index (κ1) is 19.1. The third kappa shape index (κ3) is 5.18. The number of rotatable bonds is 7. The number of thiazole rings is 1. The number of hydrogen-bond donors (Lipinski definition) is 1. The van der Waals surface area contributed by atoms with E-state index in [-0.39, 0.29) is 11.7 Å². The van der Waals surface area contributed by atoms with Crippen LogP contribution in [-0.2, 0) is 17.6 Å². The molecule has 0 fully saturated rings. The Morgan fingerprint density at radius 1 is 0.966 bits per heavy atom. The number of carbonyl (C=O) groups is 1. The summed E-state index contributed by atoms with van der Waals surface area (Å²) in [5.41, 5.74) is 2.81. The van der Waals surface area contributed by atoms with Crippen LogP contribution in [0.3, 0.4) is 0 Å². The average molecular weight is 406 g/mol. The quantitative estimate of drug-likeness (QED) is 0.463. The molecule has 0 aliphatic carbocycles. The lowest BCUT2D eigenvalue weighted by atomic mass is 10.1. The third-order valence-electron chi connectivity index (χ3n) is 4.42. The molecular formula is C23H19FN2O2S. The first-order chi connectivity index (χ1) is 14.2. The summed E-state index contributed by atoms with van der Waals surface area (Å²) in [6.45, 7) is 0.517. The summed E-state index contributed by atoms with van der Waals surface area (Å²) in [5.74, 6) is 0.379. The van der Waals surface area contributed by atoms with Gasteiger partial charge in [0, 0.05) is 6.54 Å². The Morgan fingerprint density at radius 3 is 2.45 bits per heavy atom. The molecule has 146 valence electrons. The van der Waals surface area contributed by atoms with Gasteiger partial charge in [0.05, 0.1) is 16.6 Å². The van der Waals surface area contributed by atoms with Crippen LogP contribution in [0.25, 0.3) is 10.2 Å². The van der Waals surface area contributed by atoms with E-state index in [1.807, 2.05) is 48.5 Å². The molecule has 0 saturated carbocycles. The lowest BCUT2D eigenvalue weighted by Crippen LogP contribution is -2.27. The fraction of sp³-hybridized carbons (Fsp3) is 0.130. The number of para-hydroxylation sites is 1. The number of nitrogens with one attached hydrogen (secondary N) is 1. The molecule has 1 heterocycles. The molecule has 1 amide bonds. The standard InChI is InChI=1S/C23H19FN2O2S/c24-18-9-5-16(6-10-18)13-14-25-22(27)15-17-7-11-19(12-8-17)28-23-26-20-3-1-2-4-21(20)29-23/h1-12H,13-15H2,(H,25,27). The number of benzene rings is 3. The van der Waals surface area contributed by atoms with Gasteiger partial charge in [0.15, 0.2) is 0 Å². The maximum absolute atomic E-state index is 12.9. The number of nitrogens with zero attached hydrogens (tertiary/aromatic N) is 1. The predicted molar refractivity (Wildman–Crippen MR) is 113 cm³/mol. The lowest BCUT2D eigenvalue weighted by molar-refractivity contribution is -0.120. The number of halogens is 1. The smallest absolute Gasteiger partial charge is 0.279 e. The van der Waals surface area contributed by atoms with Gasteiger partial charge in [-0.15, -0.1) is 0 Å². The SMILES string of the molecule is O=C(Cc1ccc(Oc2nc3ccccc3s2)cc1)NCCc1ccc(F)cc1. The summed E-state index contributed by atoms with van der Waals surface area (Å²) in [7, 11) is 0. The van der Waals surface area contributed by atoms with E-state index in [9.17, 15) is 9.18 Å². The molecule has 4 aromatic rings. The second kappa shape index (κ2) is 8.84. The molecule has 0 aliphatic heterocycles. The van der Waals surface area contributed by atoms with Gasteiger partial charge in [-0.1, -0.05) is 47.7 Å². The number of hydrogen-bond acceptors (Lipinski definition) is 4. The zero-order chi connectivity index (χ0) is 20.1. The van der Waals surface area contributed by atoms with Crippen molar-refractivity contribution in [1.82, 2.24) is 10.3 Å². The molecule has 3 aromatic carbocycles. The van der Waals surface area contributed by atoms with Gasteiger partial charge in [0.1, 0.15) is 11.6 Å². The summed E-state index contributed by atoms with van der Waals surface area (Å²) >= 11 is 1.50. The van der Waals surface area contributed by atoms with Crippen LogP contribution in [0, 0.1) is 5.82 Å². The molecular weight excluding hydrogens is 387 g/mol. The molecule has 6 heteroatoms. The summed E-state index contributed by atoms with van der Waals surface area (Å²) in [5, 5.41) is 3.49. The van der Waals surface area contributed by atoms with Crippen LogP contribution in [0.15, 0.2) is 72.8 Å². The van der Waals surface area contributed by atoms with E-state index < -0.39 is 0 Å². The highest BCUT2D eigenvalue weighted by atomic mass is 32.1. The van der Waals surface area contributed by atoms with Crippen molar-refractivity contribution in [2.45, 2.75) is 12.8 Å². The largest absolute Gasteiger partial charge is 0.431 e. The molecule has 0 bridgehead atoms. The van der Waals surface area contributed by atoms with Gasteiger partial charge in [0.2, 0.25) is 5.91 Å². The van der Waals surface area contributed by atoms with E-state index >= 15 is 0 Å². The van der Waals surface area contributed by atoms with Crippen LogP contribution in [0.2, 0.25) is 0 Å². The number of carbonyl (C=O) groups excluding carboxylic acids is 1.